The van der Waals surface area contributed by atoms with Crippen molar-refractivity contribution in [3.63, 3.8) is 0 Å². The highest BCUT2D eigenvalue weighted by atomic mass is 35.5. The minimum Gasteiger partial charge on any atom is -0.298 e. The van der Waals surface area contributed by atoms with E-state index in [1.807, 2.05) is 0 Å². The Hall–Kier alpha value is -1.19. The van der Waals surface area contributed by atoms with Gasteiger partial charge in [0.25, 0.3) is 10.5 Å². The zero-order valence-corrected chi connectivity index (χ0v) is 8.30. The minimum atomic E-state index is -0.743. The SMILES string of the molecule is O=Cc1cc(C(=O)Cl)cc(C(=O)Cl)c1. The Morgan fingerprint density at radius 1 is 1.00 bits per heavy atom. The Morgan fingerprint density at radius 2 is 1.43 bits per heavy atom. The van der Waals surface area contributed by atoms with E-state index < -0.39 is 10.5 Å². The van der Waals surface area contributed by atoms with Crippen molar-refractivity contribution in [2.24, 2.45) is 0 Å². The highest BCUT2D eigenvalue weighted by Gasteiger charge is 2.09. The van der Waals surface area contributed by atoms with Crippen LogP contribution >= 0.6 is 23.2 Å². The maximum absolute atomic E-state index is 10.8. The van der Waals surface area contributed by atoms with Gasteiger partial charge in [-0.25, -0.2) is 0 Å². The molecule has 0 radical (unpaired) electrons. The van der Waals surface area contributed by atoms with Gasteiger partial charge in [-0.2, -0.15) is 0 Å². The summed E-state index contributed by atoms with van der Waals surface area (Å²) in [5.74, 6) is 0. The van der Waals surface area contributed by atoms with Crippen molar-refractivity contribution in [3.05, 3.63) is 34.9 Å². The van der Waals surface area contributed by atoms with Gasteiger partial charge >= 0.3 is 0 Å². The standard InChI is InChI=1S/C9H4Cl2O3/c10-8(13)6-1-5(4-12)2-7(3-6)9(11)14/h1-4H. The summed E-state index contributed by atoms with van der Waals surface area (Å²) in [6.45, 7) is 0. The second kappa shape index (κ2) is 4.35. The van der Waals surface area contributed by atoms with Crippen molar-refractivity contribution in [2.45, 2.75) is 0 Å². The molecule has 0 aliphatic heterocycles. The molecule has 0 aromatic heterocycles. The van der Waals surface area contributed by atoms with E-state index in [0.29, 0.717) is 6.29 Å². The molecule has 0 aliphatic rings. The Morgan fingerprint density at radius 3 is 1.71 bits per heavy atom. The Kier molecular flexibility index (Phi) is 3.38. The number of rotatable bonds is 3. The number of hydrogen-bond donors (Lipinski definition) is 0. The van der Waals surface area contributed by atoms with Crippen molar-refractivity contribution in [2.75, 3.05) is 0 Å². The fraction of sp³-hybridized carbons (Fsp3) is 0. The molecule has 0 fully saturated rings. The van der Waals surface area contributed by atoms with Gasteiger partial charge in [-0.3, -0.25) is 14.4 Å². The van der Waals surface area contributed by atoms with Crippen LogP contribution in [0.4, 0.5) is 0 Å². The predicted octanol–water partition coefficient (Wildman–Crippen LogP) is 2.26. The van der Waals surface area contributed by atoms with Gasteiger partial charge in [0.15, 0.2) is 0 Å². The molecule has 0 saturated carbocycles. The molecule has 1 aromatic carbocycles. The molecular formula is C9H4Cl2O3. The fourth-order valence-corrected chi connectivity index (χ4v) is 1.16. The van der Waals surface area contributed by atoms with Crippen LogP contribution in [-0.2, 0) is 0 Å². The second-order valence-corrected chi connectivity index (χ2v) is 3.20. The molecule has 1 aromatic rings. The zero-order chi connectivity index (χ0) is 10.7. The number of carbonyl (C=O) groups excluding carboxylic acids is 3. The number of carbonyl (C=O) groups is 3. The Labute approximate surface area is 89.6 Å². The van der Waals surface area contributed by atoms with Gasteiger partial charge in [-0.15, -0.1) is 0 Å². The van der Waals surface area contributed by atoms with E-state index in [0.717, 1.165) is 0 Å². The van der Waals surface area contributed by atoms with Crippen molar-refractivity contribution in [1.82, 2.24) is 0 Å². The number of aldehydes is 1. The van der Waals surface area contributed by atoms with Gasteiger partial charge in [-0.05, 0) is 41.4 Å². The Bertz CT molecular complexity index is 380. The molecule has 0 atom stereocenters. The highest BCUT2D eigenvalue weighted by Crippen LogP contribution is 2.13. The first kappa shape index (κ1) is 10.9. The molecule has 72 valence electrons. The average molecular weight is 231 g/mol. The maximum Gasteiger partial charge on any atom is 0.252 e. The lowest BCUT2D eigenvalue weighted by Crippen LogP contribution is -1.97. The second-order valence-electron chi connectivity index (χ2n) is 2.51. The lowest BCUT2D eigenvalue weighted by Gasteiger charge is -1.99. The lowest BCUT2D eigenvalue weighted by molar-refractivity contribution is 0.108. The van der Waals surface area contributed by atoms with E-state index in [1.54, 1.807) is 0 Å². The molecule has 0 N–H and O–H groups in total. The quantitative estimate of drug-likeness (QED) is 0.592. The van der Waals surface area contributed by atoms with Gasteiger partial charge in [0, 0.05) is 16.7 Å². The molecule has 0 amide bonds. The average Bonchev–Trinajstić information content (AvgIpc) is 2.16. The minimum absolute atomic E-state index is 0.0697. The molecule has 0 bridgehead atoms. The summed E-state index contributed by atoms with van der Waals surface area (Å²) < 4.78 is 0. The first-order chi connectivity index (χ1) is 6.54. The largest absolute Gasteiger partial charge is 0.298 e. The van der Waals surface area contributed by atoms with Crippen molar-refractivity contribution < 1.29 is 14.4 Å². The topological polar surface area (TPSA) is 51.2 Å². The number of benzene rings is 1. The third kappa shape index (κ3) is 2.40. The zero-order valence-electron chi connectivity index (χ0n) is 6.79. The van der Waals surface area contributed by atoms with Crippen LogP contribution in [0.5, 0.6) is 0 Å². The summed E-state index contributed by atoms with van der Waals surface area (Å²) in [4.78, 5) is 32.0. The van der Waals surface area contributed by atoms with Crippen molar-refractivity contribution >= 4 is 40.0 Å². The normalized spacial score (nSPS) is 9.57. The molecule has 0 saturated heterocycles. The summed E-state index contributed by atoms with van der Waals surface area (Å²) in [5.41, 5.74) is 0.320. The van der Waals surface area contributed by atoms with Crippen molar-refractivity contribution in [3.8, 4) is 0 Å². The van der Waals surface area contributed by atoms with Crippen LogP contribution < -0.4 is 0 Å². The summed E-state index contributed by atoms with van der Waals surface area (Å²) in [7, 11) is 0. The number of halogens is 2. The Balaban J connectivity index is 3.34. The van der Waals surface area contributed by atoms with Gasteiger partial charge in [0.2, 0.25) is 0 Å². The number of hydrogen-bond acceptors (Lipinski definition) is 3. The summed E-state index contributed by atoms with van der Waals surface area (Å²) >= 11 is 10.4. The summed E-state index contributed by atoms with van der Waals surface area (Å²) in [6, 6.07) is 3.80. The van der Waals surface area contributed by atoms with Crippen LogP contribution in [0.2, 0.25) is 0 Å². The van der Waals surface area contributed by atoms with Gasteiger partial charge < -0.3 is 0 Å². The third-order valence-corrected chi connectivity index (χ3v) is 1.98. The van der Waals surface area contributed by atoms with E-state index in [9.17, 15) is 14.4 Å². The van der Waals surface area contributed by atoms with Crippen LogP contribution in [-0.4, -0.2) is 16.8 Å². The molecule has 0 spiro atoms. The molecule has 3 nitrogen and oxygen atoms in total. The lowest BCUT2D eigenvalue weighted by atomic mass is 10.1. The smallest absolute Gasteiger partial charge is 0.252 e. The van der Waals surface area contributed by atoms with E-state index in [2.05, 4.69) is 0 Å². The summed E-state index contributed by atoms with van der Waals surface area (Å²) in [6.07, 6.45) is 0.507. The first-order valence-electron chi connectivity index (χ1n) is 3.54. The van der Waals surface area contributed by atoms with Crippen molar-refractivity contribution in [1.29, 1.82) is 0 Å². The van der Waals surface area contributed by atoms with Gasteiger partial charge in [0.1, 0.15) is 6.29 Å². The monoisotopic (exact) mass is 230 g/mol. The molecule has 14 heavy (non-hydrogen) atoms. The van der Waals surface area contributed by atoms with Crippen LogP contribution in [0.25, 0.3) is 0 Å². The summed E-state index contributed by atoms with van der Waals surface area (Å²) in [5, 5.41) is -1.49. The molecule has 0 heterocycles. The van der Waals surface area contributed by atoms with Gasteiger partial charge in [0.05, 0.1) is 0 Å². The predicted molar refractivity (Wildman–Crippen MR) is 52.2 cm³/mol. The van der Waals surface area contributed by atoms with Gasteiger partial charge in [-0.1, -0.05) is 0 Å². The van der Waals surface area contributed by atoms with E-state index >= 15 is 0 Å². The fourth-order valence-electron chi connectivity index (χ4n) is 0.947. The molecule has 5 heteroatoms. The third-order valence-electron chi connectivity index (χ3n) is 1.55. The van der Waals surface area contributed by atoms with E-state index in [1.165, 1.54) is 18.2 Å². The van der Waals surface area contributed by atoms with Crippen LogP contribution in [0.15, 0.2) is 18.2 Å². The molecular weight excluding hydrogens is 227 g/mol. The van der Waals surface area contributed by atoms with E-state index in [-0.39, 0.29) is 16.7 Å². The van der Waals surface area contributed by atoms with E-state index in [4.69, 9.17) is 23.2 Å². The first-order valence-corrected chi connectivity index (χ1v) is 4.30. The van der Waals surface area contributed by atoms with Crippen LogP contribution in [0, 0.1) is 0 Å². The molecule has 0 aliphatic carbocycles. The van der Waals surface area contributed by atoms with Crippen LogP contribution in [0.1, 0.15) is 31.1 Å². The van der Waals surface area contributed by atoms with Crippen LogP contribution in [0.3, 0.4) is 0 Å². The maximum atomic E-state index is 10.8. The molecule has 0 unspecified atom stereocenters. The molecule has 1 rings (SSSR count). The highest BCUT2D eigenvalue weighted by molar-refractivity contribution is 6.69.